The molecule has 4 nitrogen and oxygen atoms in total. The number of nitrogens with one attached hydrogen (secondary N) is 1. The van der Waals surface area contributed by atoms with E-state index in [9.17, 15) is 4.79 Å². The summed E-state index contributed by atoms with van der Waals surface area (Å²) < 4.78 is 1.81. The molecule has 0 saturated heterocycles. The standard InChI is InChI=1S/C11H19N3O/c1-5-7(2)13-11(15)10-9(12)6-8(3)14(10)4/h6-7H,5,12H2,1-4H3,(H,13,15). The van der Waals surface area contributed by atoms with E-state index in [0.29, 0.717) is 11.4 Å². The number of nitrogens with zero attached hydrogens (tertiary/aromatic N) is 1. The summed E-state index contributed by atoms with van der Waals surface area (Å²) in [5.74, 6) is -0.0996. The summed E-state index contributed by atoms with van der Waals surface area (Å²) in [6.07, 6.45) is 0.912. The number of amides is 1. The Kier molecular flexibility index (Phi) is 3.39. The molecule has 0 aliphatic heterocycles. The smallest absolute Gasteiger partial charge is 0.270 e. The van der Waals surface area contributed by atoms with Crippen molar-refractivity contribution in [3.8, 4) is 0 Å². The molecule has 1 aromatic heterocycles. The zero-order valence-electron chi connectivity index (χ0n) is 9.79. The molecule has 1 rings (SSSR count). The van der Waals surface area contributed by atoms with E-state index in [1.165, 1.54) is 0 Å². The number of nitrogen functional groups attached to an aromatic ring is 1. The molecule has 0 spiro atoms. The summed E-state index contributed by atoms with van der Waals surface area (Å²) in [7, 11) is 1.84. The number of aromatic nitrogens is 1. The predicted molar refractivity (Wildman–Crippen MR) is 61.8 cm³/mol. The van der Waals surface area contributed by atoms with Crippen molar-refractivity contribution in [1.82, 2.24) is 9.88 Å². The van der Waals surface area contributed by atoms with Gasteiger partial charge in [0.05, 0.1) is 5.69 Å². The van der Waals surface area contributed by atoms with Crippen LogP contribution in [0.2, 0.25) is 0 Å². The fourth-order valence-corrected chi connectivity index (χ4v) is 1.44. The molecule has 1 atom stereocenters. The van der Waals surface area contributed by atoms with Crippen LogP contribution in [-0.2, 0) is 7.05 Å². The quantitative estimate of drug-likeness (QED) is 0.791. The number of carbonyl (C=O) groups excluding carboxylic acids is 1. The van der Waals surface area contributed by atoms with Crippen LogP contribution in [0.25, 0.3) is 0 Å². The minimum absolute atomic E-state index is 0.0996. The average Bonchev–Trinajstić information content (AvgIpc) is 2.41. The van der Waals surface area contributed by atoms with Crippen molar-refractivity contribution in [2.45, 2.75) is 33.2 Å². The van der Waals surface area contributed by atoms with Crippen molar-refractivity contribution in [2.24, 2.45) is 7.05 Å². The van der Waals surface area contributed by atoms with Crippen molar-refractivity contribution in [3.05, 3.63) is 17.5 Å². The molecule has 0 fully saturated rings. The molecule has 1 heterocycles. The lowest BCUT2D eigenvalue weighted by atomic mass is 10.2. The van der Waals surface area contributed by atoms with Crippen LogP contribution in [-0.4, -0.2) is 16.5 Å². The minimum atomic E-state index is -0.0996. The first kappa shape index (κ1) is 11.6. The molecule has 0 aromatic carbocycles. The fourth-order valence-electron chi connectivity index (χ4n) is 1.44. The maximum atomic E-state index is 11.9. The summed E-state index contributed by atoms with van der Waals surface area (Å²) in [5.41, 5.74) is 7.85. The van der Waals surface area contributed by atoms with Crippen LogP contribution in [0.4, 0.5) is 5.69 Å². The normalized spacial score (nSPS) is 12.5. The lowest BCUT2D eigenvalue weighted by Gasteiger charge is -2.12. The average molecular weight is 209 g/mol. The topological polar surface area (TPSA) is 60.1 Å². The van der Waals surface area contributed by atoms with Crippen LogP contribution in [0.1, 0.15) is 36.5 Å². The molecule has 1 aromatic rings. The summed E-state index contributed by atoms with van der Waals surface area (Å²) in [4.78, 5) is 11.9. The van der Waals surface area contributed by atoms with Gasteiger partial charge in [-0.05, 0) is 26.3 Å². The Morgan fingerprint density at radius 2 is 2.27 bits per heavy atom. The molecule has 1 amide bonds. The maximum absolute atomic E-state index is 11.9. The molecule has 84 valence electrons. The SMILES string of the molecule is CCC(C)NC(=O)c1c(N)cc(C)n1C. The zero-order valence-corrected chi connectivity index (χ0v) is 9.79. The Morgan fingerprint density at radius 3 is 2.67 bits per heavy atom. The van der Waals surface area contributed by atoms with Gasteiger partial charge in [-0.1, -0.05) is 6.92 Å². The molecule has 4 heteroatoms. The molecule has 1 unspecified atom stereocenters. The largest absolute Gasteiger partial charge is 0.397 e. The Bertz CT molecular complexity index is 368. The van der Waals surface area contributed by atoms with Crippen molar-refractivity contribution in [2.75, 3.05) is 5.73 Å². The highest BCUT2D eigenvalue weighted by Crippen LogP contribution is 2.16. The van der Waals surface area contributed by atoms with Crippen molar-refractivity contribution >= 4 is 11.6 Å². The molecule has 15 heavy (non-hydrogen) atoms. The number of carbonyl (C=O) groups is 1. The van der Waals surface area contributed by atoms with Crippen LogP contribution in [0.3, 0.4) is 0 Å². The van der Waals surface area contributed by atoms with Gasteiger partial charge in [0.2, 0.25) is 0 Å². The van der Waals surface area contributed by atoms with Crippen molar-refractivity contribution in [1.29, 1.82) is 0 Å². The Morgan fingerprint density at radius 1 is 1.67 bits per heavy atom. The van der Waals surface area contributed by atoms with Gasteiger partial charge in [-0.25, -0.2) is 0 Å². The Hall–Kier alpha value is -1.45. The van der Waals surface area contributed by atoms with Crippen LogP contribution in [0, 0.1) is 6.92 Å². The van der Waals surface area contributed by atoms with E-state index >= 15 is 0 Å². The number of aryl methyl sites for hydroxylation is 1. The molecule has 0 aliphatic carbocycles. The Labute approximate surface area is 90.5 Å². The predicted octanol–water partition coefficient (Wildman–Crippen LogP) is 1.44. The highest BCUT2D eigenvalue weighted by Gasteiger charge is 2.16. The number of hydrogen-bond acceptors (Lipinski definition) is 2. The van der Waals surface area contributed by atoms with Gasteiger partial charge in [0.15, 0.2) is 0 Å². The second kappa shape index (κ2) is 4.38. The zero-order chi connectivity index (χ0) is 11.6. The lowest BCUT2D eigenvalue weighted by molar-refractivity contribution is 0.0932. The van der Waals surface area contributed by atoms with E-state index in [2.05, 4.69) is 5.32 Å². The molecule has 0 radical (unpaired) electrons. The molecule has 3 N–H and O–H groups in total. The van der Waals surface area contributed by atoms with Gasteiger partial charge in [-0.2, -0.15) is 0 Å². The third kappa shape index (κ3) is 2.32. The van der Waals surface area contributed by atoms with E-state index in [4.69, 9.17) is 5.73 Å². The molecular formula is C11H19N3O. The first-order valence-electron chi connectivity index (χ1n) is 5.20. The molecule has 0 aliphatic rings. The van der Waals surface area contributed by atoms with E-state index in [1.807, 2.05) is 38.5 Å². The van der Waals surface area contributed by atoms with Gasteiger partial charge in [0.1, 0.15) is 5.69 Å². The van der Waals surface area contributed by atoms with Crippen molar-refractivity contribution in [3.63, 3.8) is 0 Å². The number of hydrogen-bond donors (Lipinski definition) is 2. The third-order valence-electron chi connectivity index (χ3n) is 2.71. The molecule has 0 saturated carbocycles. The van der Waals surface area contributed by atoms with E-state index in [0.717, 1.165) is 12.1 Å². The van der Waals surface area contributed by atoms with Crippen LogP contribution in [0.5, 0.6) is 0 Å². The Balaban J connectivity index is 2.91. The summed E-state index contributed by atoms with van der Waals surface area (Å²) in [5, 5.41) is 2.90. The monoisotopic (exact) mass is 209 g/mol. The van der Waals surface area contributed by atoms with Crippen LogP contribution in [0.15, 0.2) is 6.07 Å². The van der Waals surface area contributed by atoms with Crippen LogP contribution >= 0.6 is 0 Å². The number of nitrogens with two attached hydrogens (primary N) is 1. The lowest BCUT2D eigenvalue weighted by Crippen LogP contribution is -2.33. The van der Waals surface area contributed by atoms with Gasteiger partial charge in [0, 0.05) is 18.8 Å². The van der Waals surface area contributed by atoms with Gasteiger partial charge < -0.3 is 15.6 Å². The molecule has 0 bridgehead atoms. The number of rotatable bonds is 3. The maximum Gasteiger partial charge on any atom is 0.270 e. The van der Waals surface area contributed by atoms with E-state index in [-0.39, 0.29) is 11.9 Å². The third-order valence-corrected chi connectivity index (χ3v) is 2.71. The fraction of sp³-hybridized carbons (Fsp3) is 0.545. The first-order chi connectivity index (χ1) is 6.97. The minimum Gasteiger partial charge on any atom is -0.397 e. The van der Waals surface area contributed by atoms with Gasteiger partial charge in [-0.3, -0.25) is 4.79 Å². The van der Waals surface area contributed by atoms with E-state index < -0.39 is 0 Å². The van der Waals surface area contributed by atoms with Crippen LogP contribution < -0.4 is 11.1 Å². The van der Waals surface area contributed by atoms with E-state index in [1.54, 1.807) is 0 Å². The van der Waals surface area contributed by atoms with Crippen molar-refractivity contribution < 1.29 is 4.79 Å². The van der Waals surface area contributed by atoms with Gasteiger partial charge in [0.25, 0.3) is 5.91 Å². The summed E-state index contributed by atoms with van der Waals surface area (Å²) in [6.45, 7) is 5.94. The highest BCUT2D eigenvalue weighted by molar-refractivity contribution is 5.98. The highest BCUT2D eigenvalue weighted by atomic mass is 16.2. The van der Waals surface area contributed by atoms with Gasteiger partial charge >= 0.3 is 0 Å². The molecular weight excluding hydrogens is 190 g/mol. The second-order valence-corrected chi connectivity index (χ2v) is 3.93. The van der Waals surface area contributed by atoms with Gasteiger partial charge in [-0.15, -0.1) is 0 Å². The summed E-state index contributed by atoms with van der Waals surface area (Å²) >= 11 is 0. The first-order valence-corrected chi connectivity index (χ1v) is 5.20. The second-order valence-electron chi connectivity index (χ2n) is 3.93. The summed E-state index contributed by atoms with van der Waals surface area (Å²) in [6, 6.07) is 1.98. The number of anilines is 1.